The predicted octanol–water partition coefficient (Wildman–Crippen LogP) is 4.09. The molecule has 5 heteroatoms. The van der Waals surface area contributed by atoms with Crippen molar-refractivity contribution in [3.05, 3.63) is 64.7 Å². The molecule has 0 spiro atoms. The molecule has 0 radical (unpaired) electrons. The Morgan fingerprint density at radius 2 is 1.90 bits per heavy atom. The Kier molecular flexibility index (Phi) is 5.67. The molecule has 2 aliphatic rings. The van der Waals surface area contributed by atoms with Crippen LogP contribution in [-0.2, 0) is 4.79 Å². The number of aryl methyl sites for hydroxylation is 2. The Balaban J connectivity index is 1.69. The second kappa shape index (κ2) is 8.37. The largest absolute Gasteiger partial charge is 0.496 e. The van der Waals surface area contributed by atoms with Gasteiger partial charge in [0, 0.05) is 12.0 Å². The summed E-state index contributed by atoms with van der Waals surface area (Å²) in [6, 6.07) is 14.3. The number of carbonyl (C=O) groups is 1. The molecular formula is C24H29N3O2. The Hall–Kier alpha value is -2.66. The first-order chi connectivity index (χ1) is 14.1. The van der Waals surface area contributed by atoms with Gasteiger partial charge >= 0.3 is 0 Å². The first-order valence-corrected chi connectivity index (χ1v) is 10.4. The topological polar surface area (TPSA) is 45.1 Å². The van der Waals surface area contributed by atoms with Crippen molar-refractivity contribution in [3.63, 3.8) is 0 Å². The van der Waals surface area contributed by atoms with Gasteiger partial charge in [-0.05, 0) is 63.0 Å². The summed E-state index contributed by atoms with van der Waals surface area (Å²) in [5, 5.41) is 6.56. The van der Waals surface area contributed by atoms with Crippen molar-refractivity contribution >= 4 is 11.6 Å². The van der Waals surface area contributed by atoms with Crippen LogP contribution >= 0.6 is 0 Å². The van der Waals surface area contributed by atoms with Gasteiger partial charge in [-0.3, -0.25) is 9.69 Å². The minimum atomic E-state index is -0.0788. The van der Waals surface area contributed by atoms with E-state index in [2.05, 4.69) is 36.9 Å². The number of nitrogens with zero attached hydrogens (tertiary/aromatic N) is 3. The van der Waals surface area contributed by atoms with Gasteiger partial charge in [0.15, 0.2) is 0 Å². The molecule has 1 atom stereocenters. The van der Waals surface area contributed by atoms with Gasteiger partial charge in [-0.1, -0.05) is 35.9 Å². The van der Waals surface area contributed by atoms with E-state index in [1.165, 1.54) is 29.5 Å². The summed E-state index contributed by atoms with van der Waals surface area (Å²) in [5.41, 5.74) is 5.43. The summed E-state index contributed by atoms with van der Waals surface area (Å²) < 4.78 is 5.55. The zero-order valence-electron chi connectivity index (χ0n) is 17.5. The van der Waals surface area contributed by atoms with Crippen LogP contribution in [0, 0.1) is 13.8 Å². The summed E-state index contributed by atoms with van der Waals surface area (Å²) in [6.45, 7) is 6.63. The van der Waals surface area contributed by atoms with E-state index in [9.17, 15) is 4.79 Å². The van der Waals surface area contributed by atoms with Crippen molar-refractivity contribution < 1.29 is 9.53 Å². The van der Waals surface area contributed by atoms with E-state index >= 15 is 0 Å². The maximum Gasteiger partial charge on any atom is 0.257 e. The lowest BCUT2D eigenvalue weighted by Gasteiger charge is -2.25. The Morgan fingerprint density at radius 3 is 2.66 bits per heavy atom. The summed E-state index contributed by atoms with van der Waals surface area (Å²) >= 11 is 0. The quantitative estimate of drug-likeness (QED) is 0.771. The molecule has 2 heterocycles. The molecule has 0 bridgehead atoms. The Labute approximate surface area is 173 Å². The molecule has 2 aromatic rings. The maximum atomic E-state index is 13.3. The molecule has 29 heavy (non-hydrogen) atoms. The number of para-hydroxylation sites is 1. The molecule has 1 fully saturated rings. The number of carbonyl (C=O) groups excluding carboxylic acids is 1. The van der Waals surface area contributed by atoms with E-state index in [1.54, 1.807) is 12.1 Å². The molecule has 2 aromatic carbocycles. The maximum absolute atomic E-state index is 13.3. The number of ether oxygens (including phenoxy) is 1. The molecule has 0 saturated carbocycles. The second-order valence-corrected chi connectivity index (χ2v) is 8.05. The van der Waals surface area contributed by atoms with E-state index in [-0.39, 0.29) is 11.9 Å². The average molecular weight is 392 g/mol. The van der Waals surface area contributed by atoms with Crippen LogP contribution in [0.2, 0.25) is 0 Å². The zero-order valence-corrected chi connectivity index (χ0v) is 17.5. The van der Waals surface area contributed by atoms with Crippen LogP contribution in [0.15, 0.2) is 47.6 Å². The summed E-state index contributed by atoms with van der Waals surface area (Å²) in [7, 11) is 1.67. The Bertz CT molecular complexity index is 931. The molecule has 4 rings (SSSR count). The van der Waals surface area contributed by atoms with E-state index in [1.807, 2.05) is 24.3 Å². The van der Waals surface area contributed by atoms with Crippen LogP contribution in [-0.4, -0.2) is 48.3 Å². The third kappa shape index (κ3) is 4.06. The van der Waals surface area contributed by atoms with Gasteiger partial charge in [0.25, 0.3) is 5.91 Å². The molecule has 1 amide bonds. The number of hydrogen-bond donors (Lipinski definition) is 0. The third-order valence-corrected chi connectivity index (χ3v) is 5.94. The number of hydrogen-bond acceptors (Lipinski definition) is 4. The molecule has 0 aromatic heterocycles. The highest BCUT2D eigenvalue weighted by Crippen LogP contribution is 2.36. The Morgan fingerprint density at radius 1 is 1.14 bits per heavy atom. The van der Waals surface area contributed by atoms with Crippen molar-refractivity contribution in [3.8, 4) is 5.75 Å². The van der Waals surface area contributed by atoms with Crippen LogP contribution < -0.4 is 4.74 Å². The van der Waals surface area contributed by atoms with E-state index in [4.69, 9.17) is 9.84 Å². The van der Waals surface area contributed by atoms with Gasteiger partial charge in [-0.2, -0.15) is 5.10 Å². The van der Waals surface area contributed by atoms with E-state index in [0.29, 0.717) is 13.0 Å². The number of rotatable bonds is 5. The molecule has 0 aliphatic carbocycles. The minimum Gasteiger partial charge on any atom is -0.496 e. The summed E-state index contributed by atoms with van der Waals surface area (Å²) in [5.74, 6) is 0.863. The first-order valence-electron chi connectivity index (χ1n) is 10.4. The average Bonchev–Trinajstić information content (AvgIpc) is 3.39. The normalized spacial score (nSPS) is 19.5. The van der Waals surface area contributed by atoms with Gasteiger partial charge in [0.2, 0.25) is 0 Å². The van der Waals surface area contributed by atoms with Gasteiger partial charge < -0.3 is 4.74 Å². The number of benzene rings is 2. The molecule has 2 aliphatic heterocycles. The monoisotopic (exact) mass is 391 g/mol. The van der Waals surface area contributed by atoms with Crippen LogP contribution in [0.5, 0.6) is 5.75 Å². The zero-order chi connectivity index (χ0) is 20.4. The van der Waals surface area contributed by atoms with Crippen LogP contribution in [0.25, 0.3) is 0 Å². The molecule has 0 N–H and O–H groups in total. The fourth-order valence-corrected chi connectivity index (χ4v) is 4.35. The fraction of sp³-hybridized carbons (Fsp3) is 0.417. The third-order valence-electron chi connectivity index (χ3n) is 5.94. The van der Waals surface area contributed by atoms with Crippen molar-refractivity contribution in [1.29, 1.82) is 0 Å². The minimum absolute atomic E-state index is 0.0719. The highest BCUT2D eigenvalue weighted by atomic mass is 16.5. The highest BCUT2D eigenvalue weighted by Gasteiger charge is 2.35. The highest BCUT2D eigenvalue weighted by molar-refractivity contribution is 6.05. The molecule has 1 saturated heterocycles. The van der Waals surface area contributed by atoms with Crippen molar-refractivity contribution in [2.75, 3.05) is 26.7 Å². The summed E-state index contributed by atoms with van der Waals surface area (Å²) in [4.78, 5) is 15.5. The van der Waals surface area contributed by atoms with Gasteiger partial charge in [0.05, 0.1) is 25.4 Å². The second-order valence-electron chi connectivity index (χ2n) is 8.05. The number of hydrazone groups is 1. The summed E-state index contributed by atoms with van der Waals surface area (Å²) in [6.07, 6.45) is 3.03. The van der Waals surface area contributed by atoms with Crippen molar-refractivity contribution in [2.45, 2.75) is 39.2 Å². The SMILES string of the molecule is COc1ccccc1C1=NN(C(=O)CN2CCCC2)C(c2cc(C)ccc2C)C1. The van der Waals surface area contributed by atoms with Gasteiger partial charge in [-0.25, -0.2) is 5.01 Å². The van der Waals surface area contributed by atoms with E-state index < -0.39 is 0 Å². The first kappa shape index (κ1) is 19.6. The lowest BCUT2D eigenvalue weighted by molar-refractivity contribution is -0.134. The fourth-order valence-electron chi connectivity index (χ4n) is 4.35. The van der Waals surface area contributed by atoms with Crippen LogP contribution in [0.4, 0.5) is 0 Å². The van der Waals surface area contributed by atoms with Crippen molar-refractivity contribution in [1.82, 2.24) is 9.91 Å². The lowest BCUT2D eigenvalue weighted by Crippen LogP contribution is -2.37. The van der Waals surface area contributed by atoms with Crippen molar-refractivity contribution in [2.24, 2.45) is 5.10 Å². The number of methoxy groups -OCH3 is 1. The number of amides is 1. The van der Waals surface area contributed by atoms with Crippen LogP contribution in [0.1, 0.15) is 47.6 Å². The molecule has 5 nitrogen and oxygen atoms in total. The molecule has 1 unspecified atom stereocenters. The van der Waals surface area contributed by atoms with E-state index in [0.717, 1.165) is 30.1 Å². The van der Waals surface area contributed by atoms with Gasteiger partial charge in [-0.15, -0.1) is 0 Å². The molecular weight excluding hydrogens is 362 g/mol. The standard InChI is InChI=1S/C24H29N3O2/c1-17-10-11-18(2)20(14-17)22-15-21(19-8-4-5-9-23(19)29-3)25-27(22)24(28)16-26-12-6-7-13-26/h4-5,8-11,14,22H,6-7,12-13,15-16H2,1-3H3. The molecule has 152 valence electrons. The predicted molar refractivity (Wildman–Crippen MR) is 115 cm³/mol. The lowest BCUT2D eigenvalue weighted by atomic mass is 9.93. The number of likely N-dealkylation sites (tertiary alicyclic amines) is 1. The van der Waals surface area contributed by atoms with Crippen LogP contribution in [0.3, 0.4) is 0 Å². The van der Waals surface area contributed by atoms with Gasteiger partial charge in [0.1, 0.15) is 5.75 Å². The smallest absolute Gasteiger partial charge is 0.257 e.